The van der Waals surface area contributed by atoms with E-state index >= 15 is 0 Å². The number of carbonyl (C=O) groups is 1. The number of hydrogen-bond acceptors (Lipinski definition) is 4. The summed E-state index contributed by atoms with van der Waals surface area (Å²) in [4.78, 5) is 14.6. The summed E-state index contributed by atoms with van der Waals surface area (Å²) in [5.74, 6) is -1.35. The Balaban J connectivity index is 1.86. The second kappa shape index (κ2) is 7.08. The van der Waals surface area contributed by atoms with Crippen LogP contribution in [0.1, 0.15) is 10.4 Å². The molecule has 6 nitrogen and oxygen atoms in total. The number of aromatic amines is 1. The lowest BCUT2D eigenvalue weighted by molar-refractivity contribution is 0.0730. The Morgan fingerprint density at radius 3 is 2.54 bits per heavy atom. The summed E-state index contributed by atoms with van der Waals surface area (Å²) in [6.45, 7) is 1.12. The summed E-state index contributed by atoms with van der Waals surface area (Å²) < 4.78 is 60.0. The van der Waals surface area contributed by atoms with Gasteiger partial charge in [0.2, 0.25) is 10.0 Å². The van der Waals surface area contributed by atoms with E-state index in [0.717, 1.165) is 18.2 Å². The minimum atomic E-state index is -3.76. The van der Waals surface area contributed by atoms with Crippen LogP contribution in [-0.4, -0.2) is 50.3 Å². The first-order valence-corrected chi connectivity index (χ1v) is 10.00. The molecule has 0 radical (unpaired) electrons. The first kappa shape index (κ1) is 18.7. The van der Waals surface area contributed by atoms with Crippen LogP contribution in [0.2, 0.25) is 0 Å². The van der Waals surface area contributed by atoms with Gasteiger partial charge in [-0.3, -0.25) is 4.79 Å². The van der Waals surface area contributed by atoms with Crippen LogP contribution in [0.15, 0.2) is 41.3 Å². The van der Waals surface area contributed by atoms with E-state index < -0.39 is 21.7 Å². The van der Waals surface area contributed by atoms with E-state index in [9.17, 15) is 22.0 Å². The summed E-state index contributed by atoms with van der Waals surface area (Å²) in [5, 5.41) is 0.322. The van der Waals surface area contributed by atoms with Gasteiger partial charge in [-0.15, -0.1) is 0 Å². The van der Waals surface area contributed by atoms with Crippen molar-refractivity contribution in [2.24, 2.45) is 0 Å². The molecule has 1 fully saturated rings. The number of benzene rings is 2. The van der Waals surface area contributed by atoms with Crippen molar-refractivity contribution in [1.29, 1.82) is 0 Å². The van der Waals surface area contributed by atoms with E-state index in [4.69, 9.17) is 4.74 Å². The van der Waals surface area contributed by atoms with Gasteiger partial charge in [-0.1, -0.05) is 0 Å². The number of morpholine rings is 1. The molecule has 0 atom stereocenters. The number of halogens is 2. The predicted molar refractivity (Wildman–Crippen MR) is 98.6 cm³/mol. The quantitative estimate of drug-likeness (QED) is 0.676. The second-order valence-electron chi connectivity index (χ2n) is 6.38. The van der Waals surface area contributed by atoms with Crippen molar-refractivity contribution in [3.05, 3.63) is 53.6 Å². The van der Waals surface area contributed by atoms with Crippen molar-refractivity contribution in [3.8, 4) is 11.3 Å². The Labute approximate surface area is 159 Å². The summed E-state index contributed by atoms with van der Waals surface area (Å²) >= 11 is 0. The van der Waals surface area contributed by atoms with Crippen molar-refractivity contribution in [1.82, 2.24) is 9.29 Å². The maximum Gasteiger partial charge on any atom is 0.243 e. The summed E-state index contributed by atoms with van der Waals surface area (Å²) in [5.41, 5.74) is 0.513. The number of sulfonamides is 1. The number of nitrogens with one attached hydrogen (secondary N) is 1. The normalized spacial score (nSPS) is 15.8. The van der Waals surface area contributed by atoms with Crippen molar-refractivity contribution < 1.29 is 26.7 Å². The lowest BCUT2D eigenvalue weighted by Gasteiger charge is -2.26. The van der Waals surface area contributed by atoms with Gasteiger partial charge in [0, 0.05) is 35.1 Å². The Morgan fingerprint density at radius 2 is 1.82 bits per heavy atom. The van der Waals surface area contributed by atoms with Crippen molar-refractivity contribution in [3.63, 3.8) is 0 Å². The molecule has 0 amide bonds. The number of aromatic nitrogens is 1. The molecule has 1 aromatic heterocycles. The number of fused-ring (bicyclic) bond motifs is 1. The molecular weight excluding hydrogens is 390 g/mol. The topological polar surface area (TPSA) is 79.5 Å². The molecule has 0 saturated carbocycles. The molecule has 2 aromatic carbocycles. The highest BCUT2D eigenvalue weighted by molar-refractivity contribution is 7.89. The van der Waals surface area contributed by atoms with E-state index in [1.54, 1.807) is 0 Å². The molecule has 4 rings (SSSR count). The van der Waals surface area contributed by atoms with Crippen molar-refractivity contribution >= 4 is 27.2 Å². The smallest absolute Gasteiger partial charge is 0.243 e. The third-order valence-corrected chi connectivity index (χ3v) is 6.63. The van der Waals surface area contributed by atoms with Gasteiger partial charge in [0.05, 0.1) is 23.8 Å². The fraction of sp³-hybridized carbons (Fsp3) is 0.211. The Hall–Kier alpha value is -2.62. The van der Waals surface area contributed by atoms with Gasteiger partial charge in [0.25, 0.3) is 0 Å². The van der Waals surface area contributed by atoms with Crippen LogP contribution in [-0.2, 0) is 14.8 Å². The molecular formula is C19H16F2N2O4S. The van der Waals surface area contributed by atoms with E-state index in [2.05, 4.69) is 4.98 Å². The number of hydrogen-bond donors (Lipinski definition) is 1. The van der Waals surface area contributed by atoms with Crippen molar-refractivity contribution in [2.45, 2.75) is 4.90 Å². The molecule has 0 spiro atoms. The van der Waals surface area contributed by atoms with E-state index in [-0.39, 0.29) is 34.8 Å². The zero-order chi connectivity index (χ0) is 19.9. The van der Waals surface area contributed by atoms with Crippen LogP contribution >= 0.6 is 0 Å². The molecule has 146 valence electrons. The minimum Gasteiger partial charge on any atom is -0.379 e. The first-order valence-electron chi connectivity index (χ1n) is 8.56. The zero-order valence-electron chi connectivity index (χ0n) is 14.6. The molecule has 0 bridgehead atoms. The average molecular weight is 406 g/mol. The van der Waals surface area contributed by atoms with E-state index in [1.807, 2.05) is 0 Å². The second-order valence-corrected chi connectivity index (χ2v) is 8.32. The van der Waals surface area contributed by atoms with Crippen molar-refractivity contribution in [2.75, 3.05) is 26.3 Å². The molecule has 2 heterocycles. The number of aldehydes is 1. The molecule has 1 aliphatic rings. The fourth-order valence-corrected chi connectivity index (χ4v) is 4.75. The third kappa shape index (κ3) is 3.11. The van der Waals surface area contributed by atoms with Gasteiger partial charge in [0.15, 0.2) is 6.29 Å². The predicted octanol–water partition coefficient (Wildman–Crippen LogP) is 2.95. The van der Waals surface area contributed by atoms with E-state index in [0.29, 0.717) is 30.4 Å². The Kier molecular flexibility index (Phi) is 4.74. The van der Waals surface area contributed by atoms with E-state index in [1.165, 1.54) is 22.5 Å². The lowest BCUT2D eigenvalue weighted by Crippen LogP contribution is -2.40. The largest absolute Gasteiger partial charge is 0.379 e. The third-order valence-electron chi connectivity index (χ3n) is 4.73. The maximum atomic E-state index is 14.2. The molecule has 1 aliphatic heterocycles. The van der Waals surface area contributed by atoms with Crippen LogP contribution in [0.25, 0.3) is 22.2 Å². The van der Waals surface area contributed by atoms with Crippen LogP contribution in [0.3, 0.4) is 0 Å². The van der Waals surface area contributed by atoms with Crippen LogP contribution in [0.5, 0.6) is 0 Å². The van der Waals surface area contributed by atoms with Gasteiger partial charge in [0.1, 0.15) is 11.6 Å². The highest BCUT2D eigenvalue weighted by atomic mass is 32.2. The number of nitrogens with zero attached hydrogens (tertiary/aromatic N) is 1. The standard InChI is InChI=1S/C19H16F2N2O4S/c20-12-1-3-17(21)15(9-12)19-16(11-24)14-10-13(2-4-18(14)22-19)28(25,26)23-5-7-27-8-6-23/h1-4,9-11,22H,5-8H2. The van der Waals surface area contributed by atoms with Gasteiger partial charge < -0.3 is 9.72 Å². The number of ether oxygens (including phenoxy) is 1. The molecule has 3 aromatic rings. The summed E-state index contributed by atoms with van der Waals surface area (Å²) in [6, 6.07) is 7.24. The number of carbonyl (C=O) groups excluding carboxylic acids is 1. The highest BCUT2D eigenvalue weighted by Crippen LogP contribution is 2.33. The van der Waals surface area contributed by atoms with Gasteiger partial charge in [-0.25, -0.2) is 17.2 Å². The lowest BCUT2D eigenvalue weighted by atomic mass is 10.1. The molecule has 1 N–H and O–H groups in total. The monoisotopic (exact) mass is 406 g/mol. The zero-order valence-corrected chi connectivity index (χ0v) is 15.4. The van der Waals surface area contributed by atoms with Gasteiger partial charge >= 0.3 is 0 Å². The van der Waals surface area contributed by atoms with Gasteiger partial charge in [-0.05, 0) is 36.4 Å². The molecule has 1 saturated heterocycles. The summed E-state index contributed by atoms with van der Waals surface area (Å²) in [6.07, 6.45) is 0.504. The highest BCUT2D eigenvalue weighted by Gasteiger charge is 2.27. The molecule has 28 heavy (non-hydrogen) atoms. The molecule has 9 heteroatoms. The average Bonchev–Trinajstić information content (AvgIpc) is 3.08. The maximum absolute atomic E-state index is 14.2. The first-order chi connectivity index (χ1) is 13.4. The minimum absolute atomic E-state index is 0.0234. The Morgan fingerprint density at radius 1 is 1.07 bits per heavy atom. The number of H-pyrrole nitrogens is 1. The van der Waals surface area contributed by atoms with Crippen LogP contribution in [0, 0.1) is 11.6 Å². The van der Waals surface area contributed by atoms with Crippen LogP contribution < -0.4 is 0 Å². The number of rotatable bonds is 4. The van der Waals surface area contributed by atoms with Gasteiger partial charge in [-0.2, -0.15) is 4.31 Å². The fourth-order valence-electron chi connectivity index (χ4n) is 3.31. The molecule has 0 unspecified atom stereocenters. The summed E-state index contributed by atoms with van der Waals surface area (Å²) in [7, 11) is -3.76. The molecule has 0 aliphatic carbocycles. The Bertz CT molecular complexity index is 1170. The SMILES string of the molecule is O=Cc1c(-c2cc(F)ccc2F)[nH]c2ccc(S(=O)(=O)N3CCOCC3)cc12. The van der Waals surface area contributed by atoms with Crippen LogP contribution in [0.4, 0.5) is 8.78 Å².